The van der Waals surface area contributed by atoms with Crippen molar-refractivity contribution in [3.05, 3.63) is 101 Å². The van der Waals surface area contributed by atoms with E-state index in [2.05, 4.69) is 10.2 Å². The van der Waals surface area contributed by atoms with E-state index < -0.39 is 5.25 Å². The van der Waals surface area contributed by atoms with Gasteiger partial charge in [0.15, 0.2) is 5.78 Å². The number of hydrogen-bond acceptors (Lipinski definition) is 5. The Balaban J connectivity index is 1.63. The van der Waals surface area contributed by atoms with Crippen LogP contribution in [0.25, 0.3) is 11.5 Å². The number of nitrogens with zero attached hydrogens (tertiary/aromatic N) is 2. The molecule has 0 N–H and O–H groups in total. The number of carbonyl (C=O) groups excluding carboxylic acids is 1. The Morgan fingerprint density at radius 2 is 1.50 bits per heavy atom. The molecule has 1 aromatic heterocycles. The zero-order chi connectivity index (χ0) is 19.3. The van der Waals surface area contributed by atoms with E-state index in [0.29, 0.717) is 21.7 Å². The molecule has 0 bridgehead atoms. The second kappa shape index (κ2) is 8.42. The van der Waals surface area contributed by atoms with Gasteiger partial charge in [0.05, 0.1) is 0 Å². The highest BCUT2D eigenvalue weighted by molar-refractivity contribution is 8.00. The van der Waals surface area contributed by atoms with Crippen molar-refractivity contribution in [1.29, 1.82) is 0 Å². The molecule has 0 aliphatic heterocycles. The van der Waals surface area contributed by atoms with Gasteiger partial charge >= 0.3 is 0 Å². The first-order valence-electron chi connectivity index (χ1n) is 8.61. The number of hydrogen-bond donors (Lipinski definition) is 0. The lowest BCUT2D eigenvalue weighted by Gasteiger charge is -2.14. The molecule has 0 saturated carbocycles. The summed E-state index contributed by atoms with van der Waals surface area (Å²) in [6, 6.07) is 26.0. The summed E-state index contributed by atoms with van der Waals surface area (Å²) in [6.07, 6.45) is 0. The maximum atomic E-state index is 13.1. The summed E-state index contributed by atoms with van der Waals surface area (Å²) in [6.45, 7) is 0. The van der Waals surface area contributed by atoms with Gasteiger partial charge in [-0.25, -0.2) is 0 Å². The molecular weight excluding hydrogens is 392 g/mol. The predicted molar refractivity (Wildman–Crippen MR) is 111 cm³/mol. The average molecular weight is 407 g/mol. The van der Waals surface area contributed by atoms with Crippen molar-refractivity contribution in [2.24, 2.45) is 0 Å². The van der Waals surface area contributed by atoms with E-state index in [1.165, 1.54) is 11.8 Å². The van der Waals surface area contributed by atoms with E-state index in [4.69, 9.17) is 16.0 Å². The van der Waals surface area contributed by atoms with Crippen LogP contribution in [0.3, 0.4) is 0 Å². The van der Waals surface area contributed by atoms with Crippen molar-refractivity contribution in [3.63, 3.8) is 0 Å². The van der Waals surface area contributed by atoms with Gasteiger partial charge in [-0.3, -0.25) is 4.79 Å². The fourth-order valence-electron chi connectivity index (χ4n) is 2.72. The molecule has 138 valence electrons. The summed E-state index contributed by atoms with van der Waals surface area (Å²) < 4.78 is 5.79. The monoisotopic (exact) mass is 406 g/mol. The Hall–Kier alpha value is -2.89. The van der Waals surface area contributed by atoms with Gasteiger partial charge in [-0.2, -0.15) is 0 Å². The van der Waals surface area contributed by atoms with Crippen LogP contribution in [0.15, 0.2) is 94.6 Å². The van der Waals surface area contributed by atoms with E-state index in [0.717, 1.165) is 11.1 Å². The first-order valence-corrected chi connectivity index (χ1v) is 9.87. The van der Waals surface area contributed by atoms with E-state index in [1.54, 1.807) is 12.1 Å². The molecule has 0 fully saturated rings. The standard InChI is InChI=1S/C22H15ClN2O2S/c23-18-13-11-17(12-14-18)21-24-25-22(27-21)28-20(16-9-5-2-6-10-16)19(26)15-7-3-1-4-8-15/h1-14,20H/t20-/m1/s1. The van der Waals surface area contributed by atoms with Crippen LogP contribution in [0.5, 0.6) is 0 Å². The Morgan fingerprint density at radius 3 is 2.18 bits per heavy atom. The maximum Gasteiger partial charge on any atom is 0.277 e. The van der Waals surface area contributed by atoms with Crippen LogP contribution in [0, 0.1) is 0 Å². The molecular formula is C22H15ClN2O2S. The van der Waals surface area contributed by atoms with E-state index in [-0.39, 0.29) is 5.78 Å². The number of benzene rings is 3. The number of Topliss-reactive ketones (excluding diaryl/α,β-unsaturated/α-hetero) is 1. The van der Waals surface area contributed by atoms with Crippen LogP contribution in [-0.2, 0) is 0 Å². The lowest BCUT2D eigenvalue weighted by Crippen LogP contribution is -2.10. The third-order valence-corrected chi connectivity index (χ3v) is 5.46. The van der Waals surface area contributed by atoms with Crippen LogP contribution in [0.4, 0.5) is 0 Å². The first-order chi connectivity index (χ1) is 13.7. The third-order valence-electron chi connectivity index (χ3n) is 4.12. The smallest absolute Gasteiger partial charge is 0.277 e. The van der Waals surface area contributed by atoms with Gasteiger partial charge in [-0.1, -0.05) is 72.3 Å². The summed E-state index contributed by atoms with van der Waals surface area (Å²) in [7, 11) is 0. The van der Waals surface area contributed by atoms with Crippen molar-refractivity contribution >= 4 is 29.1 Å². The number of carbonyl (C=O) groups is 1. The largest absolute Gasteiger partial charge is 0.411 e. The van der Waals surface area contributed by atoms with Crippen LogP contribution < -0.4 is 0 Å². The van der Waals surface area contributed by atoms with Crippen LogP contribution in [0.2, 0.25) is 5.02 Å². The number of rotatable bonds is 6. The number of aromatic nitrogens is 2. The molecule has 1 heterocycles. The highest BCUT2D eigenvalue weighted by atomic mass is 35.5. The molecule has 6 heteroatoms. The van der Waals surface area contributed by atoms with Gasteiger partial charge in [0, 0.05) is 16.1 Å². The van der Waals surface area contributed by atoms with Gasteiger partial charge < -0.3 is 4.42 Å². The van der Waals surface area contributed by atoms with Gasteiger partial charge in [-0.05, 0) is 41.6 Å². The van der Waals surface area contributed by atoms with Crippen LogP contribution >= 0.6 is 23.4 Å². The topological polar surface area (TPSA) is 56.0 Å². The molecule has 28 heavy (non-hydrogen) atoms. The Morgan fingerprint density at radius 1 is 0.857 bits per heavy atom. The highest BCUT2D eigenvalue weighted by Crippen LogP contribution is 2.38. The average Bonchev–Trinajstić information content (AvgIpc) is 3.22. The summed E-state index contributed by atoms with van der Waals surface area (Å²) in [5, 5.41) is 8.71. The number of ketones is 1. The minimum absolute atomic E-state index is 0.0111. The molecule has 3 aromatic carbocycles. The first kappa shape index (κ1) is 18.5. The molecule has 0 unspecified atom stereocenters. The summed E-state index contributed by atoms with van der Waals surface area (Å²) in [5.41, 5.74) is 2.29. The fraction of sp³-hybridized carbons (Fsp3) is 0.0455. The lowest BCUT2D eigenvalue weighted by atomic mass is 10.0. The third kappa shape index (κ3) is 4.16. The highest BCUT2D eigenvalue weighted by Gasteiger charge is 2.26. The molecule has 0 radical (unpaired) electrons. The molecule has 1 atom stereocenters. The molecule has 0 amide bonds. The van der Waals surface area contributed by atoms with Crippen molar-refractivity contribution < 1.29 is 9.21 Å². The molecule has 0 spiro atoms. The van der Waals surface area contributed by atoms with Gasteiger partial charge in [0.2, 0.25) is 5.89 Å². The van der Waals surface area contributed by atoms with Crippen molar-refractivity contribution in [3.8, 4) is 11.5 Å². The van der Waals surface area contributed by atoms with Crippen molar-refractivity contribution in [2.45, 2.75) is 10.5 Å². The molecule has 0 aliphatic rings. The second-order valence-electron chi connectivity index (χ2n) is 6.02. The quantitative estimate of drug-likeness (QED) is 0.286. The predicted octanol–water partition coefficient (Wildman–Crippen LogP) is 6.11. The molecule has 0 aliphatic carbocycles. The molecule has 4 nitrogen and oxygen atoms in total. The Kier molecular flexibility index (Phi) is 5.55. The normalized spacial score (nSPS) is 11.9. The minimum atomic E-state index is -0.484. The van der Waals surface area contributed by atoms with E-state index in [9.17, 15) is 4.79 Å². The van der Waals surface area contributed by atoms with Crippen molar-refractivity contribution in [1.82, 2.24) is 10.2 Å². The van der Waals surface area contributed by atoms with Gasteiger partial charge in [0.25, 0.3) is 5.22 Å². The zero-order valence-electron chi connectivity index (χ0n) is 14.7. The fourth-order valence-corrected chi connectivity index (χ4v) is 3.80. The Bertz CT molecular complexity index is 1070. The summed E-state index contributed by atoms with van der Waals surface area (Å²) >= 11 is 7.17. The maximum absolute atomic E-state index is 13.1. The van der Waals surface area contributed by atoms with Crippen molar-refractivity contribution in [2.75, 3.05) is 0 Å². The summed E-state index contributed by atoms with van der Waals surface area (Å²) in [5.74, 6) is 0.376. The summed E-state index contributed by atoms with van der Waals surface area (Å²) in [4.78, 5) is 13.1. The SMILES string of the molecule is O=C(c1ccccc1)[C@H](Sc1nnc(-c2ccc(Cl)cc2)o1)c1ccccc1. The Labute approximate surface area is 171 Å². The number of thioether (sulfide) groups is 1. The molecule has 4 rings (SSSR count). The molecule has 0 saturated heterocycles. The number of halogens is 1. The van der Waals surface area contributed by atoms with E-state index in [1.807, 2.05) is 72.8 Å². The van der Waals surface area contributed by atoms with Gasteiger partial charge in [0.1, 0.15) is 5.25 Å². The molecule has 4 aromatic rings. The second-order valence-corrected chi connectivity index (χ2v) is 7.51. The lowest BCUT2D eigenvalue weighted by molar-refractivity contribution is 0.0989. The van der Waals surface area contributed by atoms with Gasteiger partial charge in [-0.15, -0.1) is 10.2 Å². The zero-order valence-corrected chi connectivity index (χ0v) is 16.2. The van der Waals surface area contributed by atoms with E-state index >= 15 is 0 Å². The van der Waals surface area contributed by atoms with Crippen LogP contribution in [-0.4, -0.2) is 16.0 Å². The van der Waals surface area contributed by atoms with Crippen LogP contribution in [0.1, 0.15) is 21.2 Å². The minimum Gasteiger partial charge on any atom is -0.411 e.